The molecule has 15 heteroatoms. The molecule has 0 spiro atoms. The van der Waals surface area contributed by atoms with Gasteiger partial charge in [-0.1, -0.05) is 9.95 Å². The molecule has 0 bridgehead atoms. The second-order valence-electron chi connectivity index (χ2n) is 9.56. The number of alkyl halides is 3. The van der Waals surface area contributed by atoms with Gasteiger partial charge >= 0.3 is 16.9 Å². The average Bonchev–Trinajstić information content (AvgIpc) is 3.30. The summed E-state index contributed by atoms with van der Waals surface area (Å²) in [5.41, 5.74) is 0.605. The van der Waals surface area contributed by atoms with Crippen LogP contribution in [-0.2, 0) is 15.2 Å². The van der Waals surface area contributed by atoms with Crippen LogP contribution in [0.25, 0.3) is 44.0 Å². The summed E-state index contributed by atoms with van der Waals surface area (Å²) in [6, 6.07) is 9.79. The third-order valence-corrected chi connectivity index (χ3v) is 7.37. The number of halogens is 4. The Kier molecular flexibility index (Phi) is 6.54. The van der Waals surface area contributed by atoms with Gasteiger partial charge in [0.1, 0.15) is 11.4 Å². The van der Waals surface area contributed by atoms with E-state index < -0.39 is 33.8 Å². The summed E-state index contributed by atoms with van der Waals surface area (Å²) in [6.45, 7) is 0.809. The maximum Gasteiger partial charge on any atom is 0.573 e. The Balaban J connectivity index is 1.72. The summed E-state index contributed by atoms with van der Waals surface area (Å²) in [5, 5.41) is 10.0. The first-order valence-electron chi connectivity index (χ1n) is 12.4. The summed E-state index contributed by atoms with van der Waals surface area (Å²) in [7, 11) is -5.45. The lowest BCUT2D eigenvalue weighted by molar-refractivity contribution is -0.274. The van der Waals surface area contributed by atoms with Gasteiger partial charge in [0.05, 0.1) is 34.1 Å². The molecule has 0 atom stereocenters. The van der Waals surface area contributed by atoms with Crippen molar-refractivity contribution < 1.29 is 39.1 Å². The monoisotopic (exact) mass is 602 g/mol. The highest BCUT2D eigenvalue weighted by molar-refractivity contribution is 7.81. The molecule has 0 amide bonds. The quantitative estimate of drug-likeness (QED) is 0.208. The van der Waals surface area contributed by atoms with E-state index in [1.165, 1.54) is 6.07 Å². The summed E-state index contributed by atoms with van der Waals surface area (Å²) >= 11 is 0. The van der Waals surface area contributed by atoms with Gasteiger partial charge in [-0.05, 0) is 43.2 Å². The maximum absolute atomic E-state index is 13.9. The number of ether oxygens (including phenoxy) is 2. The summed E-state index contributed by atoms with van der Waals surface area (Å²) in [4.78, 5) is 20.9. The number of H-pyrrole nitrogens is 1. The van der Waals surface area contributed by atoms with Gasteiger partial charge in [-0.3, -0.25) is 9.78 Å². The number of rotatable bonds is 5. The molecule has 0 aliphatic carbocycles. The number of hydrogen-bond donors (Lipinski definition) is 1. The lowest BCUT2D eigenvalue weighted by Gasteiger charge is -2.28. The molecule has 3 aromatic heterocycles. The molecule has 1 saturated heterocycles. The highest BCUT2D eigenvalue weighted by atomic mass is 32.3. The van der Waals surface area contributed by atoms with Gasteiger partial charge in [0.2, 0.25) is 0 Å². The zero-order valence-electron chi connectivity index (χ0n) is 21.2. The van der Waals surface area contributed by atoms with E-state index in [0.29, 0.717) is 48.2 Å². The molecule has 1 aliphatic heterocycles. The average molecular weight is 603 g/mol. The first-order valence-corrected chi connectivity index (χ1v) is 13.7. The predicted octanol–water partition coefficient (Wildman–Crippen LogP) is 5.41. The van der Waals surface area contributed by atoms with Crippen LogP contribution in [0.5, 0.6) is 11.5 Å². The molecule has 1 fully saturated rings. The van der Waals surface area contributed by atoms with Crippen LogP contribution in [0.4, 0.5) is 17.1 Å². The van der Waals surface area contributed by atoms with Crippen LogP contribution in [0.1, 0.15) is 24.4 Å². The van der Waals surface area contributed by atoms with Gasteiger partial charge in [-0.15, -0.1) is 13.2 Å². The second kappa shape index (κ2) is 10.00. The fraction of sp³-hybridized carbons (Fsp3) is 0.222. The van der Waals surface area contributed by atoms with Crippen molar-refractivity contribution in [2.24, 2.45) is 0 Å². The summed E-state index contributed by atoms with van der Waals surface area (Å²) < 4.78 is 91.8. The van der Waals surface area contributed by atoms with E-state index in [4.69, 9.17) is 4.74 Å². The zero-order valence-corrected chi connectivity index (χ0v) is 22.1. The number of nitriles is 1. The van der Waals surface area contributed by atoms with Gasteiger partial charge in [0, 0.05) is 47.5 Å². The minimum atomic E-state index is -5.45. The fourth-order valence-electron chi connectivity index (χ4n) is 5.35. The number of benzene rings is 2. The molecule has 1 aliphatic rings. The standard InChI is InChI=1S/C27H18F4N4O6S/c28-27(29,30)40-23-10-20-22(9-19(23)15-8-17(13-33-12-15)41-42(31,37)38)35(16-3-5-39-6-4-16)26-24(25(20)36)18-2-1-14(11-32)7-21(18)34-26/h1-2,7-10,12-13,16,34H,3-6H2. The highest BCUT2D eigenvalue weighted by Crippen LogP contribution is 2.40. The van der Waals surface area contributed by atoms with Crippen LogP contribution in [0.15, 0.2) is 53.6 Å². The van der Waals surface area contributed by atoms with Crippen LogP contribution in [-0.4, -0.2) is 42.5 Å². The van der Waals surface area contributed by atoms with Crippen molar-refractivity contribution >= 4 is 43.3 Å². The number of pyridine rings is 2. The molecule has 216 valence electrons. The molecule has 0 radical (unpaired) electrons. The predicted molar refractivity (Wildman–Crippen MR) is 142 cm³/mol. The zero-order chi connectivity index (χ0) is 29.8. The van der Waals surface area contributed by atoms with Crippen LogP contribution in [0, 0.1) is 11.3 Å². The van der Waals surface area contributed by atoms with Crippen molar-refractivity contribution in [1.29, 1.82) is 5.26 Å². The largest absolute Gasteiger partial charge is 0.573 e. The molecular weight excluding hydrogens is 584 g/mol. The second-order valence-corrected chi connectivity index (χ2v) is 10.5. The third-order valence-electron chi connectivity index (χ3n) is 6.98. The van der Waals surface area contributed by atoms with Crippen molar-refractivity contribution in [2.45, 2.75) is 25.2 Å². The Labute approximate surface area is 234 Å². The smallest absolute Gasteiger partial charge is 0.405 e. The van der Waals surface area contributed by atoms with Crippen LogP contribution >= 0.6 is 0 Å². The molecule has 0 saturated carbocycles. The minimum absolute atomic E-state index is 0.0750. The molecule has 5 aromatic rings. The van der Waals surface area contributed by atoms with Crippen molar-refractivity contribution in [3.63, 3.8) is 0 Å². The fourth-order valence-corrected chi connectivity index (χ4v) is 5.67. The van der Waals surface area contributed by atoms with Crippen LogP contribution < -0.4 is 14.3 Å². The Morgan fingerprint density at radius 3 is 2.55 bits per heavy atom. The van der Waals surface area contributed by atoms with E-state index in [9.17, 15) is 35.5 Å². The Hall–Kier alpha value is -4.68. The molecule has 4 heterocycles. The van der Waals surface area contributed by atoms with Crippen LogP contribution in [0.2, 0.25) is 0 Å². The SMILES string of the molecule is N#Cc1ccc2c(c1)[nH]c1c2c(=O)c2cc(OC(F)(F)F)c(-c3cncc(OS(=O)(=O)F)c3)cc2n1C1CCOCC1. The summed E-state index contributed by atoms with van der Waals surface area (Å²) in [5.74, 6) is -1.35. The molecule has 42 heavy (non-hydrogen) atoms. The van der Waals surface area contributed by atoms with Crippen molar-refractivity contribution in [1.82, 2.24) is 14.5 Å². The number of nitrogens with one attached hydrogen (secondary N) is 1. The Morgan fingerprint density at radius 1 is 1.10 bits per heavy atom. The Morgan fingerprint density at radius 2 is 1.86 bits per heavy atom. The molecule has 1 N–H and O–H groups in total. The Bertz CT molecular complexity index is 2090. The van der Waals surface area contributed by atoms with Crippen molar-refractivity contribution in [2.75, 3.05) is 13.2 Å². The minimum Gasteiger partial charge on any atom is -0.405 e. The van der Waals surface area contributed by atoms with Gasteiger partial charge < -0.3 is 23.2 Å². The van der Waals surface area contributed by atoms with E-state index in [2.05, 4.69) is 18.9 Å². The molecule has 2 aromatic carbocycles. The van der Waals surface area contributed by atoms with Crippen molar-refractivity contribution in [3.8, 4) is 28.7 Å². The number of aromatic amines is 1. The summed E-state index contributed by atoms with van der Waals surface area (Å²) in [6.07, 6.45) is -2.12. The maximum atomic E-state index is 13.9. The number of hydrogen-bond acceptors (Lipinski definition) is 8. The van der Waals surface area contributed by atoms with E-state index in [1.807, 2.05) is 10.6 Å². The van der Waals surface area contributed by atoms with E-state index in [-0.39, 0.29) is 33.5 Å². The lowest BCUT2D eigenvalue weighted by Crippen LogP contribution is -2.23. The van der Waals surface area contributed by atoms with Gasteiger partial charge in [0.15, 0.2) is 11.2 Å². The van der Waals surface area contributed by atoms with Gasteiger partial charge in [-0.25, -0.2) is 0 Å². The van der Waals surface area contributed by atoms with E-state index in [1.54, 1.807) is 18.2 Å². The normalized spacial score (nSPS) is 14.8. The molecular formula is C27H18F4N4O6S. The number of fused-ring (bicyclic) bond motifs is 4. The third kappa shape index (κ3) is 5.10. The molecule has 6 rings (SSSR count). The lowest BCUT2D eigenvalue weighted by atomic mass is 10.00. The molecule has 10 nitrogen and oxygen atoms in total. The van der Waals surface area contributed by atoms with Gasteiger partial charge in [0.25, 0.3) is 0 Å². The van der Waals surface area contributed by atoms with E-state index >= 15 is 0 Å². The number of nitrogens with zero attached hydrogens (tertiary/aromatic N) is 3. The van der Waals surface area contributed by atoms with Crippen LogP contribution in [0.3, 0.4) is 0 Å². The van der Waals surface area contributed by atoms with Crippen molar-refractivity contribution in [3.05, 3.63) is 64.6 Å². The number of aromatic nitrogens is 3. The van der Waals surface area contributed by atoms with E-state index in [0.717, 1.165) is 24.5 Å². The first kappa shape index (κ1) is 27.5. The van der Waals surface area contributed by atoms with Gasteiger partial charge in [-0.2, -0.15) is 13.7 Å². The first-order chi connectivity index (χ1) is 19.9. The molecule has 0 unspecified atom stereocenters. The highest BCUT2D eigenvalue weighted by Gasteiger charge is 2.33. The topological polar surface area (TPSA) is 136 Å².